The first kappa shape index (κ1) is 15.5. The summed E-state index contributed by atoms with van der Waals surface area (Å²) in [5, 5.41) is 0.299. The van der Waals surface area contributed by atoms with Crippen molar-refractivity contribution in [3.8, 4) is 0 Å². The lowest BCUT2D eigenvalue weighted by Crippen LogP contribution is -2.06. The third-order valence-electron chi connectivity index (χ3n) is 2.98. The van der Waals surface area contributed by atoms with Crippen LogP contribution >= 0.6 is 11.6 Å². The summed E-state index contributed by atoms with van der Waals surface area (Å²) in [6.45, 7) is 1.76. The van der Waals surface area contributed by atoms with Crippen LogP contribution in [0, 0.1) is 6.92 Å². The summed E-state index contributed by atoms with van der Waals surface area (Å²) in [5.74, 6) is -0.518. The zero-order valence-corrected chi connectivity index (χ0v) is 13.2. The van der Waals surface area contributed by atoms with E-state index in [9.17, 15) is 9.00 Å². The van der Waals surface area contributed by atoms with Crippen LogP contribution in [-0.2, 0) is 9.73 Å². The summed E-state index contributed by atoms with van der Waals surface area (Å²) < 4.78 is 16.6. The van der Waals surface area contributed by atoms with E-state index in [0.717, 1.165) is 0 Å². The Balaban J connectivity index is 2.52. The third kappa shape index (κ3) is 3.43. The predicted octanol–water partition coefficient (Wildman–Crippen LogP) is 3.53. The number of rotatable bonds is 2. The first-order valence-corrected chi connectivity index (χ1v) is 8.48. The van der Waals surface area contributed by atoms with E-state index >= 15 is 0 Å². The number of carbonyl (C=O) groups is 1. The zero-order valence-electron chi connectivity index (χ0n) is 11.7. The lowest BCUT2D eigenvalue weighted by Gasteiger charge is -2.10. The monoisotopic (exact) mass is 322 g/mol. The molecule has 1 amide bonds. The number of amides is 1. The topological polar surface area (TPSA) is 72.5 Å². The molecule has 21 heavy (non-hydrogen) atoms. The predicted molar refractivity (Wildman–Crippen MR) is 86.1 cm³/mol. The zero-order chi connectivity index (χ0) is 15.6. The van der Waals surface area contributed by atoms with Gasteiger partial charge >= 0.3 is 0 Å². The highest BCUT2D eigenvalue weighted by molar-refractivity contribution is 7.93. The normalized spacial score (nSPS) is 13.5. The van der Waals surface area contributed by atoms with E-state index < -0.39 is 15.6 Å². The minimum atomic E-state index is -2.89. The molecular formula is C15H15ClN2O2S. The highest BCUT2D eigenvalue weighted by Gasteiger charge is 2.15. The second-order valence-corrected chi connectivity index (χ2v) is 7.34. The summed E-state index contributed by atoms with van der Waals surface area (Å²) >= 11 is 5.97. The number of benzene rings is 2. The third-order valence-corrected chi connectivity index (χ3v) is 5.08. The smallest absolute Gasteiger partial charge is 0.285 e. The van der Waals surface area contributed by atoms with Crippen LogP contribution in [0.2, 0.25) is 5.02 Å². The molecule has 0 aliphatic carbocycles. The fourth-order valence-electron chi connectivity index (χ4n) is 1.93. The van der Waals surface area contributed by atoms with Crippen LogP contribution in [0.5, 0.6) is 0 Å². The van der Waals surface area contributed by atoms with Gasteiger partial charge in [-0.25, -0.2) is 4.21 Å². The second kappa shape index (κ2) is 5.87. The summed E-state index contributed by atoms with van der Waals surface area (Å²) in [4.78, 5) is 12.5. The average Bonchev–Trinajstić information content (AvgIpc) is 2.43. The van der Waals surface area contributed by atoms with Gasteiger partial charge in [0.1, 0.15) is 0 Å². The number of carbonyl (C=O) groups excluding carboxylic acids is 1. The van der Waals surface area contributed by atoms with Crippen LogP contribution in [0.3, 0.4) is 0 Å². The highest BCUT2D eigenvalue weighted by atomic mass is 35.5. The number of nitrogens with two attached hydrogens (primary N) is 1. The van der Waals surface area contributed by atoms with E-state index in [2.05, 4.69) is 4.36 Å². The summed E-state index contributed by atoms with van der Waals surface area (Å²) in [7, 11) is -2.89. The van der Waals surface area contributed by atoms with Gasteiger partial charge in [-0.1, -0.05) is 29.8 Å². The Bertz CT molecular complexity index is 810. The van der Waals surface area contributed by atoms with Gasteiger partial charge in [0, 0.05) is 11.8 Å². The van der Waals surface area contributed by atoms with Crippen molar-refractivity contribution < 1.29 is 9.00 Å². The van der Waals surface area contributed by atoms with Crippen LogP contribution in [0.25, 0.3) is 0 Å². The van der Waals surface area contributed by atoms with Gasteiger partial charge in [-0.15, -0.1) is 0 Å². The molecule has 0 spiro atoms. The summed E-state index contributed by atoms with van der Waals surface area (Å²) in [6.07, 6.45) is 1.42. The largest absolute Gasteiger partial charge is 0.398 e. The van der Waals surface area contributed by atoms with Gasteiger partial charge in [-0.05, 0) is 36.8 Å². The molecule has 110 valence electrons. The van der Waals surface area contributed by atoms with Crippen molar-refractivity contribution in [3.63, 3.8) is 0 Å². The average molecular weight is 323 g/mol. The molecule has 0 aromatic heterocycles. The van der Waals surface area contributed by atoms with Gasteiger partial charge in [0.05, 0.1) is 25.3 Å². The van der Waals surface area contributed by atoms with E-state index in [1.165, 1.54) is 12.3 Å². The van der Waals surface area contributed by atoms with Gasteiger partial charge in [-0.2, -0.15) is 4.36 Å². The van der Waals surface area contributed by atoms with Crippen LogP contribution in [0.1, 0.15) is 15.9 Å². The molecule has 2 N–H and O–H groups in total. The summed E-state index contributed by atoms with van der Waals surface area (Å²) in [6, 6.07) is 11.6. The number of hydrogen-bond acceptors (Lipinski definition) is 3. The molecular weight excluding hydrogens is 308 g/mol. The number of hydrogen-bond donors (Lipinski definition) is 1. The highest BCUT2D eigenvalue weighted by Crippen LogP contribution is 2.27. The SMILES string of the molecule is Cc1cc(N)c(Cl)cc1S(C)(=O)=NC(=O)c1ccccc1. The van der Waals surface area contributed by atoms with Crippen molar-refractivity contribution in [2.75, 3.05) is 12.0 Å². The van der Waals surface area contributed by atoms with Gasteiger partial charge in [0.15, 0.2) is 0 Å². The van der Waals surface area contributed by atoms with Gasteiger partial charge in [0.25, 0.3) is 5.91 Å². The standard InChI is InChI=1S/C15H15ClN2O2S/c1-10-8-13(17)12(16)9-14(10)21(2,20)18-15(19)11-6-4-3-5-7-11/h3-9H,17H2,1-2H3. The molecule has 0 fully saturated rings. The quantitative estimate of drug-likeness (QED) is 0.860. The molecule has 0 bridgehead atoms. The molecule has 1 atom stereocenters. The van der Waals surface area contributed by atoms with E-state index in [1.807, 2.05) is 0 Å². The van der Waals surface area contributed by atoms with Crippen LogP contribution in [0.4, 0.5) is 5.69 Å². The lowest BCUT2D eigenvalue weighted by atomic mass is 10.2. The first-order valence-electron chi connectivity index (χ1n) is 6.18. The Morgan fingerprint density at radius 1 is 1.24 bits per heavy atom. The molecule has 2 rings (SSSR count). The maximum Gasteiger partial charge on any atom is 0.285 e. The van der Waals surface area contributed by atoms with Crippen molar-refractivity contribution in [1.82, 2.24) is 0 Å². The van der Waals surface area contributed by atoms with Crippen LogP contribution in [0.15, 0.2) is 51.7 Å². The van der Waals surface area contributed by atoms with E-state index in [0.29, 0.717) is 26.7 Å². The molecule has 6 heteroatoms. The summed E-state index contributed by atoms with van der Waals surface area (Å²) in [5.41, 5.74) is 7.19. The van der Waals surface area contributed by atoms with Gasteiger partial charge in [0.2, 0.25) is 0 Å². The van der Waals surface area contributed by atoms with Crippen molar-refractivity contribution in [2.24, 2.45) is 4.36 Å². The Morgan fingerprint density at radius 3 is 2.48 bits per heavy atom. The van der Waals surface area contributed by atoms with Crippen molar-refractivity contribution >= 4 is 32.9 Å². The molecule has 0 radical (unpaired) electrons. The van der Waals surface area contributed by atoms with E-state index in [1.54, 1.807) is 43.3 Å². The van der Waals surface area contributed by atoms with Crippen LogP contribution in [-0.4, -0.2) is 16.4 Å². The minimum absolute atomic E-state index is 0.299. The van der Waals surface area contributed by atoms with Gasteiger partial charge in [-0.3, -0.25) is 4.79 Å². The number of aryl methyl sites for hydroxylation is 1. The lowest BCUT2D eigenvalue weighted by molar-refractivity contribution is 0.100. The van der Waals surface area contributed by atoms with E-state index in [4.69, 9.17) is 17.3 Å². The Hall–Kier alpha value is -1.85. The Morgan fingerprint density at radius 2 is 1.86 bits per heavy atom. The van der Waals surface area contributed by atoms with Gasteiger partial charge < -0.3 is 5.73 Å². The molecule has 0 aliphatic rings. The van der Waals surface area contributed by atoms with Crippen molar-refractivity contribution in [2.45, 2.75) is 11.8 Å². The molecule has 0 heterocycles. The molecule has 0 saturated heterocycles. The minimum Gasteiger partial charge on any atom is -0.398 e. The fraction of sp³-hybridized carbons (Fsp3) is 0.133. The van der Waals surface area contributed by atoms with E-state index in [-0.39, 0.29) is 0 Å². The number of anilines is 1. The van der Waals surface area contributed by atoms with Crippen molar-refractivity contribution in [1.29, 1.82) is 0 Å². The number of nitrogens with zero attached hydrogens (tertiary/aromatic N) is 1. The molecule has 2 aromatic rings. The maximum absolute atomic E-state index is 12.8. The fourth-order valence-corrected chi connectivity index (χ4v) is 3.68. The Labute approximate surface area is 129 Å². The van der Waals surface area contributed by atoms with Crippen molar-refractivity contribution in [3.05, 3.63) is 58.6 Å². The molecule has 4 nitrogen and oxygen atoms in total. The molecule has 0 saturated carbocycles. The number of nitrogen functional groups attached to an aromatic ring is 1. The second-order valence-electron chi connectivity index (χ2n) is 4.70. The molecule has 0 aliphatic heterocycles. The number of halogens is 1. The molecule has 2 aromatic carbocycles. The molecule has 1 unspecified atom stereocenters. The maximum atomic E-state index is 12.8. The van der Waals surface area contributed by atoms with Crippen LogP contribution < -0.4 is 5.73 Å². The first-order chi connectivity index (χ1) is 9.81. The Kier molecular flexibility index (Phi) is 4.34.